The first kappa shape index (κ1) is 20.4. The van der Waals surface area contributed by atoms with Gasteiger partial charge in [-0.2, -0.15) is 0 Å². The van der Waals surface area contributed by atoms with Crippen LogP contribution >= 0.6 is 11.6 Å². The van der Waals surface area contributed by atoms with Gasteiger partial charge >= 0.3 is 0 Å². The van der Waals surface area contributed by atoms with E-state index >= 15 is 0 Å². The zero-order valence-corrected chi connectivity index (χ0v) is 17.7. The fourth-order valence-corrected chi connectivity index (χ4v) is 5.47. The number of piperidine rings is 1. The molecule has 1 saturated carbocycles. The van der Waals surface area contributed by atoms with Gasteiger partial charge in [0.05, 0.1) is 12.4 Å². The highest BCUT2D eigenvalue weighted by Gasteiger charge is 2.43. The average molecular weight is 415 g/mol. The molecule has 1 amide bonds. The van der Waals surface area contributed by atoms with Crippen molar-refractivity contribution in [2.75, 3.05) is 13.1 Å². The number of nitrogens with two attached hydrogens (primary N) is 1. The quantitative estimate of drug-likeness (QED) is 0.779. The van der Waals surface area contributed by atoms with Crippen molar-refractivity contribution >= 4 is 17.5 Å². The Morgan fingerprint density at radius 2 is 1.90 bits per heavy atom. The van der Waals surface area contributed by atoms with Crippen LogP contribution in [0.5, 0.6) is 0 Å². The lowest BCUT2D eigenvalue weighted by atomic mass is 9.67. The second-order valence-electron chi connectivity index (χ2n) is 8.84. The third kappa shape index (κ3) is 4.67. The number of carbonyl (C=O) groups excluding carboxylic acids is 1. The van der Waals surface area contributed by atoms with Gasteiger partial charge in [0.1, 0.15) is 0 Å². The van der Waals surface area contributed by atoms with Gasteiger partial charge in [-0.05, 0) is 61.1 Å². The third-order valence-corrected chi connectivity index (χ3v) is 7.29. The lowest BCUT2D eigenvalue weighted by Crippen LogP contribution is -2.52. The topological polar surface area (TPSA) is 64.2 Å². The van der Waals surface area contributed by atoms with E-state index in [0.717, 1.165) is 44.0 Å². The summed E-state index contributed by atoms with van der Waals surface area (Å²) in [5, 5.41) is 0.700. The lowest BCUT2D eigenvalue weighted by Gasteiger charge is -2.46. The molecular formula is C23H31ClN4O. The Bertz CT molecular complexity index is 791. The SMILES string of the molecule is NC(Cc1ccc(Cl)cc1)C(=O)N1CCC(Cn2ccnc2)(C2CCCC2)CC1. The fourth-order valence-electron chi connectivity index (χ4n) is 5.35. The van der Waals surface area contributed by atoms with E-state index in [4.69, 9.17) is 17.3 Å². The molecule has 0 spiro atoms. The van der Waals surface area contributed by atoms with E-state index in [9.17, 15) is 4.79 Å². The standard InChI is InChI=1S/C23H31ClN4O/c24-20-7-5-18(6-8-20)15-21(25)22(29)28-12-9-23(10-13-28,19-3-1-2-4-19)16-27-14-11-26-17-27/h5-8,11,14,17,19,21H,1-4,9-10,12-13,15-16,25H2. The number of likely N-dealkylation sites (tertiary alicyclic amines) is 1. The molecule has 4 rings (SSSR count). The van der Waals surface area contributed by atoms with Gasteiger partial charge in [-0.15, -0.1) is 0 Å². The van der Waals surface area contributed by atoms with E-state index < -0.39 is 6.04 Å². The summed E-state index contributed by atoms with van der Waals surface area (Å²) in [6, 6.07) is 7.09. The number of imidazole rings is 1. The van der Waals surface area contributed by atoms with Gasteiger partial charge in [0.2, 0.25) is 5.91 Å². The number of carbonyl (C=O) groups is 1. The van der Waals surface area contributed by atoms with Gasteiger partial charge in [0, 0.05) is 37.1 Å². The molecule has 29 heavy (non-hydrogen) atoms. The van der Waals surface area contributed by atoms with Crippen LogP contribution < -0.4 is 5.73 Å². The predicted molar refractivity (Wildman–Crippen MR) is 116 cm³/mol. The highest BCUT2D eigenvalue weighted by molar-refractivity contribution is 6.30. The van der Waals surface area contributed by atoms with Gasteiger partial charge in [0.25, 0.3) is 0 Å². The third-order valence-electron chi connectivity index (χ3n) is 7.03. The first-order valence-corrected chi connectivity index (χ1v) is 11.2. The Morgan fingerprint density at radius 3 is 2.52 bits per heavy atom. The molecule has 6 heteroatoms. The summed E-state index contributed by atoms with van der Waals surface area (Å²) in [5.74, 6) is 0.826. The monoisotopic (exact) mass is 414 g/mol. The molecule has 1 unspecified atom stereocenters. The summed E-state index contributed by atoms with van der Waals surface area (Å²) in [5.41, 5.74) is 7.60. The Morgan fingerprint density at radius 1 is 1.21 bits per heavy atom. The number of nitrogens with zero attached hydrogens (tertiary/aromatic N) is 3. The highest BCUT2D eigenvalue weighted by atomic mass is 35.5. The fraction of sp³-hybridized carbons (Fsp3) is 0.565. The molecule has 2 N–H and O–H groups in total. The van der Waals surface area contributed by atoms with E-state index in [2.05, 4.69) is 15.7 Å². The van der Waals surface area contributed by atoms with Crippen molar-refractivity contribution in [2.45, 2.75) is 57.5 Å². The Labute approximate surface area is 178 Å². The predicted octanol–water partition coefficient (Wildman–Crippen LogP) is 3.91. The zero-order valence-electron chi connectivity index (χ0n) is 17.0. The molecule has 1 saturated heterocycles. The van der Waals surface area contributed by atoms with Crippen LogP contribution in [0.1, 0.15) is 44.1 Å². The number of benzene rings is 1. The number of aromatic nitrogens is 2. The molecule has 1 atom stereocenters. The molecule has 1 aromatic carbocycles. The van der Waals surface area contributed by atoms with Crippen LogP contribution in [0, 0.1) is 11.3 Å². The second kappa shape index (κ2) is 8.88. The highest BCUT2D eigenvalue weighted by Crippen LogP contribution is 2.48. The molecular weight excluding hydrogens is 384 g/mol. The molecule has 0 bridgehead atoms. The molecule has 1 aromatic heterocycles. The maximum Gasteiger partial charge on any atom is 0.239 e. The Balaban J connectivity index is 1.39. The molecule has 2 aromatic rings. The van der Waals surface area contributed by atoms with Crippen molar-refractivity contribution in [1.29, 1.82) is 0 Å². The van der Waals surface area contributed by atoms with Crippen LogP contribution in [0.25, 0.3) is 0 Å². The lowest BCUT2D eigenvalue weighted by molar-refractivity contribution is -0.135. The van der Waals surface area contributed by atoms with Crippen molar-refractivity contribution in [3.05, 3.63) is 53.6 Å². The minimum Gasteiger partial charge on any atom is -0.341 e. The Hall–Kier alpha value is -1.85. The summed E-state index contributed by atoms with van der Waals surface area (Å²) < 4.78 is 2.22. The van der Waals surface area contributed by atoms with Crippen LogP contribution in [0.3, 0.4) is 0 Å². The summed E-state index contributed by atoms with van der Waals surface area (Å²) in [6.45, 7) is 2.62. The van der Waals surface area contributed by atoms with Gasteiger partial charge in [-0.1, -0.05) is 36.6 Å². The maximum absolute atomic E-state index is 13.0. The van der Waals surface area contributed by atoms with Crippen LogP contribution in [0.4, 0.5) is 0 Å². The van der Waals surface area contributed by atoms with Crippen molar-refractivity contribution in [2.24, 2.45) is 17.1 Å². The summed E-state index contributed by atoms with van der Waals surface area (Å²) in [7, 11) is 0. The van der Waals surface area contributed by atoms with Crippen molar-refractivity contribution in [3.8, 4) is 0 Å². The minimum absolute atomic E-state index is 0.0719. The molecule has 156 valence electrons. The summed E-state index contributed by atoms with van der Waals surface area (Å²) in [6.07, 6.45) is 13.8. The van der Waals surface area contributed by atoms with Gasteiger partial charge < -0.3 is 15.2 Å². The first-order chi connectivity index (χ1) is 14.1. The molecule has 0 radical (unpaired) electrons. The second-order valence-corrected chi connectivity index (χ2v) is 9.28. The number of rotatable bonds is 6. The number of halogens is 1. The van der Waals surface area contributed by atoms with E-state index in [1.165, 1.54) is 25.7 Å². The molecule has 2 aliphatic rings. The van der Waals surface area contributed by atoms with E-state index in [1.54, 1.807) is 0 Å². The molecule has 1 aliphatic carbocycles. The van der Waals surface area contributed by atoms with Crippen LogP contribution in [-0.2, 0) is 17.8 Å². The van der Waals surface area contributed by atoms with E-state index in [1.807, 2.05) is 41.7 Å². The summed E-state index contributed by atoms with van der Waals surface area (Å²) in [4.78, 5) is 19.2. The normalized spacial score (nSPS) is 20.7. The van der Waals surface area contributed by atoms with E-state index in [-0.39, 0.29) is 11.3 Å². The van der Waals surface area contributed by atoms with Gasteiger partial charge in [-0.3, -0.25) is 4.79 Å². The maximum atomic E-state index is 13.0. The molecule has 1 aliphatic heterocycles. The van der Waals surface area contributed by atoms with Crippen molar-refractivity contribution < 1.29 is 4.79 Å². The number of hydrogen-bond acceptors (Lipinski definition) is 3. The van der Waals surface area contributed by atoms with Crippen molar-refractivity contribution in [3.63, 3.8) is 0 Å². The van der Waals surface area contributed by atoms with Crippen LogP contribution in [-0.4, -0.2) is 39.5 Å². The van der Waals surface area contributed by atoms with Gasteiger partial charge in [0.15, 0.2) is 0 Å². The van der Waals surface area contributed by atoms with Gasteiger partial charge in [-0.25, -0.2) is 4.98 Å². The largest absolute Gasteiger partial charge is 0.341 e. The zero-order chi connectivity index (χ0) is 20.3. The number of amides is 1. The molecule has 5 nitrogen and oxygen atoms in total. The van der Waals surface area contributed by atoms with Crippen molar-refractivity contribution in [1.82, 2.24) is 14.5 Å². The average Bonchev–Trinajstić information content (AvgIpc) is 3.44. The summed E-state index contributed by atoms with van der Waals surface area (Å²) >= 11 is 5.95. The van der Waals surface area contributed by atoms with Crippen LogP contribution in [0.15, 0.2) is 43.0 Å². The van der Waals surface area contributed by atoms with Crippen LogP contribution in [0.2, 0.25) is 5.02 Å². The Kier molecular flexibility index (Phi) is 6.26. The first-order valence-electron chi connectivity index (χ1n) is 10.8. The smallest absolute Gasteiger partial charge is 0.239 e. The minimum atomic E-state index is -0.496. The van der Waals surface area contributed by atoms with E-state index in [0.29, 0.717) is 11.4 Å². The molecule has 2 heterocycles. The molecule has 2 fully saturated rings. The number of hydrogen-bond donors (Lipinski definition) is 1.